The summed E-state index contributed by atoms with van der Waals surface area (Å²) >= 11 is 0. The van der Waals surface area contributed by atoms with Crippen molar-refractivity contribution in [3.63, 3.8) is 0 Å². The first kappa shape index (κ1) is 8.62. The SMILES string of the molecule is O=c1ccc2ccc(F)cc2[nH]c1=O. The Balaban J connectivity index is 3.01. The smallest absolute Gasteiger partial charge is 0.296 e. The molecule has 0 amide bonds. The number of benzene rings is 1. The van der Waals surface area contributed by atoms with Gasteiger partial charge in [-0.1, -0.05) is 0 Å². The molecule has 0 atom stereocenters. The van der Waals surface area contributed by atoms with Gasteiger partial charge in [0.1, 0.15) is 5.82 Å². The van der Waals surface area contributed by atoms with Gasteiger partial charge in [0.2, 0.25) is 5.43 Å². The van der Waals surface area contributed by atoms with Crippen LogP contribution in [0.4, 0.5) is 4.39 Å². The third kappa shape index (κ3) is 1.42. The lowest BCUT2D eigenvalue weighted by Crippen LogP contribution is -2.22. The molecule has 3 nitrogen and oxygen atoms in total. The summed E-state index contributed by atoms with van der Waals surface area (Å²) in [7, 11) is 0. The molecule has 0 saturated heterocycles. The molecule has 0 radical (unpaired) electrons. The normalized spacial score (nSPS) is 10.4. The van der Waals surface area contributed by atoms with E-state index in [0.29, 0.717) is 10.9 Å². The van der Waals surface area contributed by atoms with Crippen LogP contribution in [0.1, 0.15) is 0 Å². The van der Waals surface area contributed by atoms with Crippen LogP contribution in [0.5, 0.6) is 0 Å². The van der Waals surface area contributed by atoms with Crippen molar-refractivity contribution in [1.29, 1.82) is 0 Å². The van der Waals surface area contributed by atoms with E-state index in [9.17, 15) is 14.0 Å². The Bertz CT molecular complexity index is 604. The summed E-state index contributed by atoms with van der Waals surface area (Å²) in [4.78, 5) is 24.4. The van der Waals surface area contributed by atoms with Crippen LogP contribution >= 0.6 is 0 Å². The van der Waals surface area contributed by atoms with Gasteiger partial charge in [0.15, 0.2) is 0 Å². The summed E-state index contributed by atoms with van der Waals surface area (Å²) in [5.41, 5.74) is -1.07. The molecule has 0 aliphatic rings. The van der Waals surface area contributed by atoms with Crippen LogP contribution < -0.4 is 11.0 Å². The van der Waals surface area contributed by atoms with Crippen LogP contribution in [0, 0.1) is 5.82 Å². The van der Waals surface area contributed by atoms with Crippen molar-refractivity contribution in [3.8, 4) is 0 Å². The molecule has 0 saturated carbocycles. The number of H-pyrrole nitrogens is 1. The monoisotopic (exact) mass is 191 g/mol. The second-order valence-electron chi connectivity index (χ2n) is 2.88. The van der Waals surface area contributed by atoms with Gasteiger partial charge < -0.3 is 4.98 Å². The summed E-state index contributed by atoms with van der Waals surface area (Å²) in [6, 6.07) is 6.59. The molecule has 1 aromatic carbocycles. The first-order valence-corrected chi connectivity index (χ1v) is 4.00. The molecule has 0 aliphatic carbocycles. The lowest BCUT2D eigenvalue weighted by Gasteiger charge is -1.91. The average molecular weight is 191 g/mol. The Hall–Kier alpha value is -1.97. The summed E-state index contributed by atoms with van der Waals surface area (Å²) in [6.45, 7) is 0. The molecular formula is C10H6FNO2. The third-order valence-electron chi connectivity index (χ3n) is 1.90. The van der Waals surface area contributed by atoms with E-state index < -0.39 is 16.8 Å². The molecule has 70 valence electrons. The quantitative estimate of drug-likeness (QED) is 0.632. The van der Waals surface area contributed by atoms with Gasteiger partial charge in [0, 0.05) is 0 Å². The van der Waals surface area contributed by atoms with E-state index in [4.69, 9.17) is 0 Å². The molecule has 1 N–H and O–H groups in total. The molecule has 4 heteroatoms. The maximum absolute atomic E-state index is 12.8. The predicted octanol–water partition coefficient (Wildman–Crippen LogP) is 1.03. The van der Waals surface area contributed by atoms with Crippen molar-refractivity contribution in [3.05, 3.63) is 56.7 Å². The lowest BCUT2D eigenvalue weighted by molar-refractivity contribution is 0.629. The van der Waals surface area contributed by atoms with E-state index >= 15 is 0 Å². The molecular weight excluding hydrogens is 185 g/mol. The molecule has 0 bridgehead atoms. The number of aromatic amines is 1. The minimum Gasteiger partial charge on any atom is -0.318 e. The van der Waals surface area contributed by atoms with Crippen molar-refractivity contribution < 1.29 is 4.39 Å². The fraction of sp³-hybridized carbons (Fsp3) is 0. The van der Waals surface area contributed by atoms with Crippen molar-refractivity contribution in [2.45, 2.75) is 0 Å². The van der Waals surface area contributed by atoms with Gasteiger partial charge in [0.25, 0.3) is 5.56 Å². The van der Waals surface area contributed by atoms with Crippen LogP contribution in [-0.2, 0) is 0 Å². The van der Waals surface area contributed by atoms with Crippen LogP contribution in [0.2, 0.25) is 0 Å². The lowest BCUT2D eigenvalue weighted by atomic mass is 10.2. The van der Waals surface area contributed by atoms with Crippen molar-refractivity contribution >= 4 is 10.9 Å². The van der Waals surface area contributed by atoms with E-state index in [1.165, 1.54) is 30.3 Å². The van der Waals surface area contributed by atoms with Gasteiger partial charge in [-0.25, -0.2) is 4.39 Å². The topological polar surface area (TPSA) is 49.9 Å². The van der Waals surface area contributed by atoms with Gasteiger partial charge in [-0.3, -0.25) is 9.59 Å². The van der Waals surface area contributed by atoms with Crippen LogP contribution in [0.3, 0.4) is 0 Å². The molecule has 0 unspecified atom stereocenters. The Morgan fingerprint density at radius 1 is 1.07 bits per heavy atom. The summed E-state index contributed by atoms with van der Waals surface area (Å²) in [5, 5.41) is 0.616. The fourth-order valence-electron chi connectivity index (χ4n) is 1.21. The number of hydrogen-bond acceptors (Lipinski definition) is 2. The highest BCUT2D eigenvalue weighted by Crippen LogP contribution is 2.09. The fourth-order valence-corrected chi connectivity index (χ4v) is 1.21. The zero-order valence-electron chi connectivity index (χ0n) is 7.08. The number of halogens is 1. The molecule has 1 aromatic heterocycles. The Kier molecular flexibility index (Phi) is 1.89. The first-order valence-electron chi connectivity index (χ1n) is 4.00. The largest absolute Gasteiger partial charge is 0.318 e. The highest BCUT2D eigenvalue weighted by molar-refractivity contribution is 5.77. The second kappa shape index (κ2) is 3.06. The summed E-state index contributed by atoms with van der Waals surface area (Å²) in [5.74, 6) is -0.452. The minimum absolute atomic E-state index is 0.317. The average Bonchev–Trinajstić information content (AvgIpc) is 2.27. The van der Waals surface area contributed by atoms with Crippen molar-refractivity contribution in [1.82, 2.24) is 4.98 Å². The van der Waals surface area contributed by atoms with Crippen molar-refractivity contribution in [2.75, 3.05) is 0 Å². The van der Waals surface area contributed by atoms with Gasteiger partial charge >= 0.3 is 0 Å². The number of aromatic nitrogens is 1. The predicted molar refractivity (Wildman–Crippen MR) is 50.8 cm³/mol. The van der Waals surface area contributed by atoms with Gasteiger partial charge in [-0.05, 0) is 35.7 Å². The Labute approximate surface area is 77.8 Å². The van der Waals surface area contributed by atoms with E-state index in [2.05, 4.69) is 4.98 Å². The third-order valence-corrected chi connectivity index (χ3v) is 1.90. The zero-order chi connectivity index (χ0) is 10.1. The number of nitrogens with one attached hydrogen (secondary N) is 1. The standard InChI is InChI=1S/C10H6FNO2/c11-7-3-1-6-2-4-9(13)10(14)12-8(6)5-7/h1-5H,(H,12,13,14). The molecule has 14 heavy (non-hydrogen) atoms. The van der Waals surface area contributed by atoms with Crippen LogP contribution in [0.25, 0.3) is 10.9 Å². The zero-order valence-corrected chi connectivity index (χ0v) is 7.08. The molecule has 2 aromatic rings. The number of fused-ring (bicyclic) bond motifs is 1. The van der Waals surface area contributed by atoms with Crippen LogP contribution in [0.15, 0.2) is 39.9 Å². The summed E-state index contributed by atoms with van der Waals surface area (Å²) < 4.78 is 12.8. The Morgan fingerprint density at radius 3 is 2.57 bits per heavy atom. The molecule has 0 spiro atoms. The molecule has 0 fully saturated rings. The van der Waals surface area contributed by atoms with E-state index in [1.807, 2.05) is 0 Å². The van der Waals surface area contributed by atoms with E-state index in [1.54, 1.807) is 0 Å². The second-order valence-corrected chi connectivity index (χ2v) is 2.88. The first-order chi connectivity index (χ1) is 6.66. The van der Waals surface area contributed by atoms with Crippen LogP contribution in [-0.4, -0.2) is 4.98 Å². The summed E-state index contributed by atoms with van der Waals surface area (Å²) in [6.07, 6.45) is 0. The highest BCUT2D eigenvalue weighted by Gasteiger charge is 1.96. The maximum Gasteiger partial charge on any atom is 0.296 e. The molecule has 0 aliphatic heterocycles. The highest BCUT2D eigenvalue weighted by atomic mass is 19.1. The van der Waals surface area contributed by atoms with E-state index in [0.717, 1.165) is 0 Å². The van der Waals surface area contributed by atoms with Crippen molar-refractivity contribution in [2.24, 2.45) is 0 Å². The van der Waals surface area contributed by atoms with Gasteiger partial charge in [-0.2, -0.15) is 0 Å². The van der Waals surface area contributed by atoms with Gasteiger partial charge in [0.05, 0.1) is 5.52 Å². The number of rotatable bonds is 0. The maximum atomic E-state index is 12.8. The Morgan fingerprint density at radius 2 is 1.79 bits per heavy atom. The van der Waals surface area contributed by atoms with E-state index in [-0.39, 0.29) is 0 Å². The molecule has 2 rings (SSSR count). The van der Waals surface area contributed by atoms with Gasteiger partial charge in [-0.15, -0.1) is 0 Å². The minimum atomic E-state index is -0.745. The number of hydrogen-bond donors (Lipinski definition) is 1. The molecule has 1 heterocycles.